The van der Waals surface area contributed by atoms with Crippen LogP contribution in [0.4, 0.5) is 0 Å². The summed E-state index contributed by atoms with van der Waals surface area (Å²) >= 11 is 0. The molecule has 1 amide bonds. The van der Waals surface area contributed by atoms with Crippen molar-refractivity contribution in [3.8, 4) is 5.88 Å². The Balaban J connectivity index is 1.43. The summed E-state index contributed by atoms with van der Waals surface area (Å²) in [4.78, 5) is 26.2. The maximum atomic E-state index is 13.0. The third-order valence-corrected chi connectivity index (χ3v) is 5.99. The molecule has 6 nitrogen and oxygen atoms in total. The van der Waals surface area contributed by atoms with E-state index < -0.39 is 0 Å². The Kier molecular flexibility index (Phi) is 5.57. The van der Waals surface area contributed by atoms with E-state index in [9.17, 15) is 4.79 Å². The predicted molar refractivity (Wildman–Crippen MR) is 107 cm³/mol. The lowest BCUT2D eigenvalue weighted by Gasteiger charge is -2.48. The second kappa shape index (κ2) is 8.27. The Bertz CT molecular complexity index is 792. The van der Waals surface area contributed by atoms with Crippen molar-refractivity contribution in [3.05, 3.63) is 54.0 Å². The van der Waals surface area contributed by atoms with E-state index in [4.69, 9.17) is 4.74 Å². The number of carbonyl (C=O) groups is 1. The van der Waals surface area contributed by atoms with Crippen molar-refractivity contribution in [2.75, 3.05) is 33.3 Å². The van der Waals surface area contributed by atoms with Crippen LogP contribution in [0.1, 0.15) is 41.7 Å². The van der Waals surface area contributed by atoms with Gasteiger partial charge in [0.05, 0.1) is 18.4 Å². The summed E-state index contributed by atoms with van der Waals surface area (Å²) < 4.78 is 5.10. The number of nitrogens with zero attached hydrogens (tertiary/aromatic N) is 4. The van der Waals surface area contributed by atoms with Crippen molar-refractivity contribution < 1.29 is 9.53 Å². The molecule has 2 aliphatic rings. The van der Waals surface area contributed by atoms with Crippen LogP contribution in [0.15, 0.2) is 42.7 Å². The van der Waals surface area contributed by atoms with Gasteiger partial charge in [-0.15, -0.1) is 0 Å². The largest absolute Gasteiger partial charge is 0.481 e. The van der Waals surface area contributed by atoms with E-state index >= 15 is 0 Å². The smallest absolute Gasteiger partial charge is 0.255 e. The van der Waals surface area contributed by atoms with Gasteiger partial charge in [0, 0.05) is 50.1 Å². The second-order valence-electron chi connectivity index (χ2n) is 8.05. The number of pyridine rings is 2. The summed E-state index contributed by atoms with van der Waals surface area (Å²) in [7, 11) is 1.58. The summed E-state index contributed by atoms with van der Waals surface area (Å²) in [5, 5.41) is 0. The molecule has 0 N–H and O–H groups in total. The summed E-state index contributed by atoms with van der Waals surface area (Å²) in [5.41, 5.74) is 1.95. The minimum Gasteiger partial charge on any atom is -0.481 e. The first kappa shape index (κ1) is 18.9. The van der Waals surface area contributed by atoms with Crippen molar-refractivity contribution in [3.63, 3.8) is 0 Å². The normalized spacial score (nSPS) is 23.0. The van der Waals surface area contributed by atoms with E-state index in [0.717, 1.165) is 44.8 Å². The number of likely N-dealkylation sites (tertiary alicyclic amines) is 2. The number of hydrogen-bond donors (Lipinski definition) is 0. The number of rotatable bonds is 4. The summed E-state index contributed by atoms with van der Waals surface area (Å²) in [5.74, 6) is 0.611. The van der Waals surface area contributed by atoms with Gasteiger partial charge in [0.25, 0.3) is 5.91 Å². The molecular weight excluding hydrogens is 352 g/mol. The molecule has 0 aromatic carbocycles. The molecule has 1 unspecified atom stereocenters. The Hall–Kier alpha value is -2.47. The monoisotopic (exact) mass is 380 g/mol. The zero-order valence-electron chi connectivity index (χ0n) is 16.5. The van der Waals surface area contributed by atoms with E-state index in [1.807, 2.05) is 29.3 Å². The molecule has 0 radical (unpaired) electrons. The number of methoxy groups -OCH3 is 1. The zero-order valence-corrected chi connectivity index (χ0v) is 16.5. The lowest BCUT2D eigenvalue weighted by Crippen LogP contribution is -2.53. The van der Waals surface area contributed by atoms with Crippen LogP contribution >= 0.6 is 0 Å². The summed E-state index contributed by atoms with van der Waals surface area (Å²) in [6, 6.07) is 9.66. The standard InChI is InChI=1S/C22H28N4O2/c1-28-20-8-7-18(14-24-20)21(27)26-13-5-10-22(17-26)9-4-12-25(16-22)15-19-6-2-3-11-23-19/h2-3,6-8,11,14H,4-5,9-10,12-13,15-17H2,1H3. The molecule has 0 bridgehead atoms. The van der Waals surface area contributed by atoms with Gasteiger partial charge in [-0.2, -0.15) is 0 Å². The van der Waals surface area contributed by atoms with Crippen molar-refractivity contribution in [1.82, 2.24) is 19.8 Å². The minimum atomic E-state index is 0.0797. The van der Waals surface area contributed by atoms with E-state index in [1.54, 1.807) is 19.4 Å². The number of piperidine rings is 2. The van der Waals surface area contributed by atoms with E-state index in [2.05, 4.69) is 20.9 Å². The van der Waals surface area contributed by atoms with Crippen LogP contribution in [0.2, 0.25) is 0 Å². The van der Waals surface area contributed by atoms with Crippen molar-refractivity contribution in [1.29, 1.82) is 0 Å². The van der Waals surface area contributed by atoms with Gasteiger partial charge in [0.2, 0.25) is 5.88 Å². The molecule has 0 aliphatic carbocycles. The second-order valence-corrected chi connectivity index (χ2v) is 8.05. The van der Waals surface area contributed by atoms with Gasteiger partial charge in [-0.3, -0.25) is 14.7 Å². The number of hydrogen-bond acceptors (Lipinski definition) is 5. The van der Waals surface area contributed by atoms with E-state index in [1.165, 1.54) is 19.3 Å². The molecule has 2 aliphatic heterocycles. The number of ether oxygens (including phenoxy) is 1. The van der Waals surface area contributed by atoms with Crippen LogP contribution in [-0.2, 0) is 6.54 Å². The lowest BCUT2D eigenvalue weighted by atomic mass is 9.73. The molecule has 6 heteroatoms. The van der Waals surface area contributed by atoms with Crippen LogP contribution in [0, 0.1) is 5.41 Å². The minimum absolute atomic E-state index is 0.0797. The first-order valence-electron chi connectivity index (χ1n) is 10.1. The van der Waals surface area contributed by atoms with Gasteiger partial charge < -0.3 is 9.64 Å². The lowest BCUT2D eigenvalue weighted by molar-refractivity contribution is 0.0110. The molecule has 2 fully saturated rings. The van der Waals surface area contributed by atoms with Crippen molar-refractivity contribution in [2.24, 2.45) is 5.41 Å². The Morgan fingerprint density at radius 2 is 1.96 bits per heavy atom. The molecule has 2 aromatic heterocycles. The van der Waals surface area contributed by atoms with Crippen molar-refractivity contribution >= 4 is 5.91 Å². The molecule has 2 aromatic rings. The van der Waals surface area contributed by atoms with Gasteiger partial charge in [-0.25, -0.2) is 4.98 Å². The molecule has 2 saturated heterocycles. The highest BCUT2D eigenvalue weighted by atomic mass is 16.5. The third-order valence-electron chi connectivity index (χ3n) is 5.99. The summed E-state index contributed by atoms with van der Waals surface area (Å²) in [6.45, 7) is 4.69. The Morgan fingerprint density at radius 1 is 1.11 bits per heavy atom. The third kappa shape index (κ3) is 4.17. The van der Waals surface area contributed by atoms with Gasteiger partial charge in [-0.1, -0.05) is 6.07 Å². The fourth-order valence-electron chi connectivity index (χ4n) is 4.69. The van der Waals surface area contributed by atoms with Crippen LogP contribution in [0.5, 0.6) is 5.88 Å². The number of aromatic nitrogens is 2. The van der Waals surface area contributed by atoms with Crippen LogP contribution in [0.25, 0.3) is 0 Å². The molecule has 0 saturated carbocycles. The van der Waals surface area contributed by atoms with Gasteiger partial charge in [-0.05, 0) is 50.4 Å². The first-order valence-corrected chi connectivity index (χ1v) is 10.1. The molecule has 148 valence electrons. The first-order chi connectivity index (χ1) is 13.7. The SMILES string of the molecule is COc1ccc(C(=O)N2CCCC3(CCCN(Cc4ccccn4)C3)C2)cn1. The molecular formula is C22H28N4O2. The number of amides is 1. The molecule has 1 atom stereocenters. The molecule has 4 rings (SSSR count). The quantitative estimate of drug-likeness (QED) is 0.816. The van der Waals surface area contributed by atoms with Gasteiger partial charge >= 0.3 is 0 Å². The average Bonchev–Trinajstić information content (AvgIpc) is 2.74. The molecule has 28 heavy (non-hydrogen) atoms. The van der Waals surface area contributed by atoms with Crippen LogP contribution in [0.3, 0.4) is 0 Å². The molecule has 1 spiro atoms. The van der Waals surface area contributed by atoms with Gasteiger partial charge in [0.15, 0.2) is 0 Å². The fraction of sp³-hybridized carbons (Fsp3) is 0.500. The Morgan fingerprint density at radius 3 is 2.68 bits per heavy atom. The zero-order chi connectivity index (χ0) is 19.4. The maximum absolute atomic E-state index is 13.0. The van der Waals surface area contributed by atoms with Crippen LogP contribution in [-0.4, -0.2) is 59.0 Å². The predicted octanol–water partition coefficient (Wildman–Crippen LogP) is 3.00. The van der Waals surface area contributed by atoms with Crippen molar-refractivity contribution in [2.45, 2.75) is 32.2 Å². The summed E-state index contributed by atoms with van der Waals surface area (Å²) in [6.07, 6.45) is 8.11. The van der Waals surface area contributed by atoms with E-state index in [-0.39, 0.29) is 11.3 Å². The maximum Gasteiger partial charge on any atom is 0.255 e. The Labute approximate surface area is 166 Å². The highest BCUT2D eigenvalue weighted by Crippen LogP contribution is 2.39. The number of carbonyl (C=O) groups excluding carboxylic acids is 1. The fourth-order valence-corrected chi connectivity index (χ4v) is 4.69. The average molecular weight is 380 g/mol. The topological polar surface area (TPSA) is 58.6 Å². The highest BCUT2D eigenvalue weighted by Gasteiger charge is 2.40. The van der Waals surface area contributed by atoms with Crippen LogP contribution < -0.4 is 4.74 Å². The molecule has 4 heterocycles. The highest BCUT2D eigenvalue weighted by molar-refractivity contribution is 5.94. The van der Waals surface area contributed by atoms with E-state index in [0.29, 0.717) is 11.4 Å². The van der Waals surface area contributed by atoms with Gasteiger partial charge in [0.1, 0.15) is 0 Å².